The molecule has 0 unspecified atom stereocenters. The Hall–Kier alpha value is -1.21. The highest BCUT2D eigenvalue weighted by atomic mass is 32.1. The molecule has 23 heavy (non-hydrogen) atoms. The Kier molecular flexibility index (Phi) is 5.16. The summed E-state index contributed by atoms with van der Waals surface area (Å²) in [5.41, 5.74) is 0.288. The van der Waals surface area contributed by atoms with Crippen LogP contribution in [0.15, 0.2) is 0 Å². The van der Waals surface area contributed by atoms with Gasteiger partial charge in [0.05, 0.1) is 6.61 Å². The minimum Gasteiger partial charge on any atom is -0.383 e. The smallest absolute Gasteiger partial charge is 0.222 e. The maximum Gasteiger partial charge on any atom is 0.222 e. The fraction of sp³-hybridized carbons (Fsp3) is 0.812. The Morgan fingerprint density at radius 3 is 2.70 bits per heavy atom. The van der Waals surface area contributed by atoms with E-state index in [0.717, 1.165) is 62.0 Å². The summed E-state index contributed by atoms with van der Waals surface area (Å²) in [5.74, 6) is 0.284. The van der Waals surface area contributed by atoms with Crippen molar-refractivity contribution in [1.29, 1.82) is 0 Å². The first kappa shape index (κ1) is 16.6. The zero-order valence-electron chi connectivity index (χ0n) is 14.1. The van der Waals surface area contributed by atoms with Crippen LogP contribution in [0.25, 0.3) is 0 Å². The monoisotopic (exact) mass is 338 g/mol. The SMILES string of the molecule is CCc1nnc(N2CCC3(CCC(=O)N(CCOC)C3)CC2)s1. The first-order chi connectivity index (χ1) is 11.2. The van der Waals surface area contributed by atoms with Crippen LogP contribution in [0.5, 0.6) is 0 Å². The maximum absolute atomic E-state index is 12.1. The summed E-state index contributed by atoms with van der Waals surface area (Å²) in [6, 6.07) is 0. The topological polar surface area (TPSA) is 58.6 Å². The molecule has 1 amide bonds. The third-order valence-corrected chi connectivity index (χ3v) is 6.30. The van der Waals surface area contributed by atoms with Gasteiger partial charge < -0.3 is 14.5 Å². The van der Waals surface area contributed by atoms with E-state index in [0.29, 0.717) is 13.0 Å². The third kappa shape index (κ3) is 3.66. The van der Waals surface area contributed by atoms with Gasteiger partial charge in [-0.2, -0.15) is 0 Å². The van der Waals surface area contributed by atoms with Gasteiger partial charge >= 0.3 is 0 Å². The average molecular weight is 338 g/mol. The number of nitrogens with zero attached hydrogens (tertiary/aromatic N) is 4. The van der Waals surface area contributed by atoms with Crippen LogP contribution in [0.3, 0.4) is 0 Å². The molecule has 2 saturated heterocycles. The molecule has 3 heterocycles. The summed E-state index contributed by atoms with van der Waals surface area (Å²) >= 11 is 1.71. The molecule has 0 N–H and O–H groups in total. The van der Waals surface area contributed by atoms with Gasteiger partial charge in [0.15, 0.2) is 0 Å². The maximum atomic E-state index is 12.1. The number of aryl methyl sites for hydroxylation is 1. The van der Waals surface area contributed by atoms with Gasteiger partial charge in [-0.1, -0.05) is 18.3 Å². The lowest BCUT2D eigenvalue weighted by molar-refractivity contribution is -0.139. The van der Waals surface area contributed by atoms with E-state index in [1.807, 2.05) is 4.90 Å². The summed E-state index contributed by atoms with van der Waals surface area (Å²) in [7, 11) is 1.69. The minimum absolute atomic E-state index is 0.284. The molecule has 1 spiro atoms. The van der Waals surface area contributed by atoms with Crippen LogP contribution in [0.1, 0.15) is 37.6 Å². The summed E-state index contributed by atoms with van der Waals surface area (Å²) in [6.07, 6.45) is 4.92. The molecule has 0 bridgehead atoms. The van der Waals surface area contributed by atoms with E-state index in [-0.39, 0.29) is 11.3 Å². The molecule has 2 aliphatic heterocycles. The second-order valence-electron chi connectivity index (χ2n) is 6.63. The van der Waals surface area contributed by atoms with E-state index in [4.69, 9.17) is 4.74 Å². The average Bonchev–Trinajstić information content (AvgIpc) is 3.06. The van der Waals surface area contributed by atoms with E-state index in [1.165, 1.54) is 0 Å². The molecule has 0 aliphatic carbocycles. The first-order valence-corrected chi connectivity index (χ1v) is 9.31. The number of anilines is 1. The van der Waals surface area contributed by atoms with Crippen LogP contribution < -0.4 is 4.90 Å². The number of aromatic nitrogens is 2. The van der Waals surface area contributed by atoms with E-state index >= 15 is 0 Å². The van der Waals surface area contributed by atoms with Crippen molar-refractivity contribution in [2.24, 2.45) is 5.41 Å². The van der Waals surface area contributed by atoms with Gasteiger partial charge in [-0.25, -0.2) is 0 Å². The number of ether oxygens (including phenoxy) is 1. The van der Waals surface area contributed by atoms with Crippen molar-refractivity contribution >= 4 is 22.4 Å². The zero-order valence-corrected chi connectivity index (χ0v) is 14.9. The van der Waals surface area contributed by atoms with Crippen molar-refractivity contribution in [3.8, 4) is 0 Å². The van der Waals surface area contributed by atoms with Gasteiger partial charge in [-0.05, 0) is 31.1 Å². The lowest BCUT2D eigenvalue weighted by atomic mass is 9.72. The van der Waals surface area contributed by atoms with E-state index in [9.17, 15) is 4.79 Å². The van der Waals surface area contributed by atoms with Crippen molar-refractivity contribution in [3.05, 3.63) is 5.01 Å². The Labute approximate surface area is 141 Å². The molecule has 6 nitrogen and oxygen atoms in total. The molecular formula is C16H26N4O2S. The largest absolute Gasteiger partial charge is 0.383 e. The molecule has 128 valence electrons. The Balaban J connectivity index is 1.59. The molecule has 0 aromatic carbocycles. The van der Waals surface area contributed by atoms with Crippen LogP contribution in [0, 0.1) is 5.41 Å². The van der Waals surface area contributed by atoms with Crippen molar-refractivity contribution in [1.82, 2.24) is 15.1 Å². The summed E-state index contributed by atoms with van der Waals surface area (Å²) < 4.78 is 5.14. The lowest BCUT2D eigenvalue weighted by Gasteiger charge is -2.47. The van der Waals surface area contributed by atoms with Gasteiger partial charge in [-0.3, -0.25) is 4.79 Å². The summed E-state index contributed by atoms with van der Waals surface area (Å²) in [5, 5.41) is 10.7. The van der Waals surface area contributed by atoms with E-state index in [1.54, 1.807) is 18.4 Å². The van der Waals surface area contributed by atoms with E-state index in [2.05, 4.69) is 22.0 Å². The lowest BCUT2D eigenvalue weighted by Crippen LogP contribution is -2.52. The quantitative estimate of drug-likeness (QED) is 0.821. The standard InChI is InChI=1S/C16H26N4O2S/c1-3-13-17-18-15(23-13)19-8-6-16(7-9-19)5-4-14(21)20(12-16)10-11-22-2/h3-12H2,1-2H3. The summed E-state index contributed by atoms with van der Waals surface area (Å²) in [4.78, 5) is 16.5. The number of methoxy groups -OCH3 is 1. The van der Waals surface area contributed by atoms with Crippen LogP contribution in [-0.2, 0) is 16.0 Å². The molecule has 2 aliphatic rings. The highest BCUT2D eigenvalue weighted by Gasteiger charge is 2.41. The normalized spacial score (nSPS) is 21.2. The van der Waals surface area contributed by atoms with Crippen molar-refractivity contribution < 1.29 is 9.53 Å². The number of piperidine rings is 2. The number of rotatable bonds is 5. The number of hydrogen-bond donors (Lipinski definition) is 0. The fourth-order valence-corrected chi connectivity index (χ4v) is 4.43. The molecule has 3 rings (SSSR count). The molecule has 1 aromatic rings. The minimum atomic E-state index is 0.284. The van der Waals surface area contributed by atoms with Crippen LogP contribution in [-0.4, -0.2) is 60.9 Å². The third-order valence-electron chi connectivity index (χ3n) is 5.17. The van der Waals surface area contributed by atoms with Crippen molar-refractivity contribution in [3.63, 3.8) is 0 Å². The molecule has 7 heteroatoms. The number of likely N-dealkylation sites (tertiary alicyclic amines) is 1. The molecule has 0 atom stereocenters. The van der Waals surface area contributed by atoms with Gasteiger partial charge in [-0.15, -0.1) is 10.2 Å². The van der Waals surface area contributed by atoms with Crippen molar-refractivity contribution in [2.45, 2.75) is 39.0 Å². The van der Waals surface area contributed by atoms with Crippen LogP contribution in [0.4, 0.5) is 5.13 Å². The number of carbonyl (C=O) groups excluding carboxylic acids is 1. The molecule has 0 saturated carbocycles. The van der Waals surface area contributed by atoms with Gasteiger partial charge in [0, 0.05) is 39.7 Å². The number of carbonyl (C=O) groups is 1. The highest BCUT2D eigenvalue weighted by Crippen LogP contribution is 2.41. The zero-order chi connectivity index (χ0) is 16.3. The number of amides is 1. The predicted molar refractivity (Wildman–Crippen MR) is 90.9 cm³/mol. The molecule has 1 aromatic heterocycles. The Bertz CT molecular complexity index is 540. The summed E-state index contributed by atoms with van der Waals surface area (Å²) in [6.45, 7) is 6.38. The Morgan fingerprint density at radius 2 is 2.04 bits per heavy atom. The van der Waals surface area contributed by atoms with Gasteiger partial charge in [0.2, 0.25) is 11.0 Å². The molecule has 2 fully saturated rings. The van der Waals surface area contributed by atoms with Gasteiger partial charge in [0.25, 0.3) is 0 Å². The first-order valence-electron chi connectivity index (χ1n) is 8.50. The second kappa shape index (κ2) is 7.13. The molecule has 0 radical (unpaired) electrons. The van der Waals surface area contributed by atoms with Crippen LogP contribution in [0.2, 0.25) is 0 Å². The van der Waals surface area contributed by atoms with Crippen molar-refractivity contribution in [2.75, 3.05) is 44.8 Å². The molecular weight excluding hydrogens is 312 g/mol. The predicted octanol–water partition coefficient (Wildman–Crippen LogP) is 1.96. The second-order valence-corrected chi connectivity index (χ2v) is 7.67. The Morgan fingerprint density at radius 1 is 1.26 bits per heavy atom. The van der Waals surface area contributed by atoms with Gasteiger partial charge in [0.1, 0.15) is 5.01 Å². The number of hydrogen-bond acceptors (Lipinski definition) is 6. The highest BCUT2D eigenvalue weighted by molar-refractivity contribution is 7.15. The van der Waals surface area contributed by atoms with Crippen LogP contribution >= 0.6 is 11.3 Å². The fourth-order valence-electron chi connectivity index (χ4n) is 3.60. The van der Waals surface area contributed by atoms with E-state index < -0.39 is 0 Å².